The van der Waals surface area contributed by atoms with Gasteiger partial charge in [0.1, 0.15) is 5.56 Å². The van der Waals surface area contributed by atoms with Gasteiger partial charge in [-0.05, 0) is 68.0 Å². The van der Waals surface area contributed by atoms with E-state index in [2.05, 4.69) is 35.2 Å². The van der Waals surface area contributed by atoms with Gasteiger partial charge in [0.05, 0.1) is 24.1 Å². The maximum absolute atomic E-state index is 13.0. The Balaban J connectivity index is 1.56. The van der Waals surface area contributed by atoms with Gasteiger partial charge in [-0.25, -0.2) is 4.79 Å². The monoisotopic (exact) mass is 460 g/mol. The summed E-state index contributed by atoms with van der Waals surface area (Å²) in [5, 5.41) is 9.96. The van der Waals surface area contributed by atoms with Crippen molar-refractivity contribution in [3.63, 3.8) is 0 Å². The molecule has 1 fully saturated rings. The molecule has 4 aromatic rings. The normalized spacial score (nSPS) is 17.8. The fourth-order valence-corrected chi connectivity index (χ4v) is 6.42. The van der Waals surface area contributed by atoms with Gasteiger partial charge < -0.3 is 19.0 Å². The summed E-state index contributed by atoms with van der Waals surface area (Å²) in [5.41, 5.74) is 2.36. The van der Waals surface area contributed by atoms with Gasteiger partial charge in [-0.15, -0.1) is 11.3 Å². The van der Waals surface area contributed by atoms with Crippen molar-refractivity contribution < 1.29 is 14.6 Å². The van der Waals surface area contributed by atoms with Gasteiger partial charge >= 0.3 is 5.97 Å². The van der Waals surface area contributed by atoms with Crippen LogP contribution in [-0.2, 0) is 6.42 Å². The van der Waals surface area contributed by atoms with E-state index < -0.39 is 11.4 Å². The van der Waals surface area contributed by atoms with E-state index >= 15 is 0 Å². The largest absolute Gasteiger partial charge is 0.494 e. The Bertz CT molecular complexity index is 1440. The van der Waals surface area contributed by atoms with Gasteiger partial charge in [0.15, 0.2) is 5.75 Å². The summed E-state index contributed by atoms with van der Waals surface area (Å²) in [6.07, 6.45) is 11.0. The lowest BCUT2D eigenvalue weighted by molar-refractivity contribution is 0.0695. The number of ether oxygens (including phenoxy) is 1. The second-order valence-corrected chi connectivity index (χ2v) is 10.0. The Labute approximate surface area is 194 Å². The maximum Gasteiger partial charge on any atom is 0.341 e. The van der Waals surface area contributed by atoms with Gasteiger partial charge in [0.25, 0.3) is 0 Å². The highest BCUT2D eigenvalue weighted by atomic mass is 32.1. The number of hydrogen-bond donors (Lipinski definition) is 1. The zero-order chi connectivity index (χ0) is 22.7. The SMILES string of the molecule is COc1c(-c2cc3c(s2)CCCC3n2cccc2)ccc2c(=O)c(C(=O)O)cn(C3CC3)c12. The average Bonchev–Trinajstić information content (AvgIpc) is 3.33. The molecule has 6 rings (SSSR count). The van der Waals surface area contributed by atoms with Crippen molar-refractivity contribution in [3.05, 3.63) is 75.1 Å². The average molecular weight is 461 g/mol. The third-order valence-electron chi connectivity index (χ3n) is 6.86. The van der Waals surface area contributed by atoms with Gasteiger partial charge in [0.2, 0.25) is 5.43 Å². The maximum atomic E-state index is 13.0. The van der Waals surface area contributed by atoms with Crippen molar-refractivity contribution in [2.45, 2.75) is 44.2 Å². The molecule has 0 radical (unpaired) electrons. The summed E-state index contributed by atoms with van der Waals surface area (Å²) in [4.78, 5) is 27.2. The number of aromatic nitrogens is 2. The number of aromatic carboxylic acids is 1. The zero-order valence-electron chi connectivity index (χ0n) is 18.3. The molecular weight excluding hydrogens is 436 g/mol. The molecule has 0 spiro atoms. The summed E-state index contributed by atoms with van der Waals surface area (Å²) in [6.45, 7) is 0. The minimum atomic E-state index is -1.19. The highest BCUT2D eigenvalue weighted by Gasteiger charge is 2.30. The molecule has 1 atom stereocenters. The van der Waals surface area contributed by atoms with E-state index in [9.17, 15) is 14.7 Å². The number of pyridine rings is 1. The molecule has 7 heteroatoms. The molecule has 168 valence electrons. The van der Waals surface area contributed by atoms with Crippen LogP contribution < -0.4 is 10.2 Å². The summed E-state index contributed by atoms with van der Waals surface area (Å²) in [7, 11) is 1.63. The van der Waals surface area contributed by atoms with Crippen molar-refractivity contribution in [1.29, 1.82) is 0 Å². The third kappa shape index (κ3) is 3.22. The van der Waals surface area contributed by atoms with Crippen molar-refractivity contribution in [2.24, 2.45) is 0 Å². The highest BCUT2D eigenvalue weighted by Crippen LogP contribution is 2.47. The summed E-state index contributed by atoms with van der Waals surface area (Å²) in [6, 6.07) is 10.6. The predicted molar refractivity (Wildman–Crippen MR) is 129 cm³/mol. The minimum Gasteiger partial charge on any atom is -0.494 e. The van der Waals surface area contributed by atoms with Crippen LogP contribution in [0.1, 0.15) is 58.6 Å². The number of carboxylic acids is 1. The van der Waals surface area contributed by atoms with Crippen LogP contribution in [0.15, 0.2) is 53.7 Å². The van der Waals surface area contributed by atoms with Gasteiger partial charge in [-0.2, -0.15) is 0 Å². The topological polar surface area (TPSA) is 73.5 Å². The zero-order valence-corrected chi connectivity index (χ0v) is 19.1. The molecule has 0 bridgehead atoms. The standard InChI is InChI=1S/C26H24N2O4S/c1-32-25-16(22-13-18-20(27-11-2-3-12-27)5-4-6-21(18)33-22)9-10-17-23(25)28(15-7-8-15)14-19(24(17)29)26(30)31/h2-3,9-15,20H,4-8H2,1H3,(H,30,31). The van der Waals surface area contributed by atoms with Crippen LogP contribution >= 0.6 is 11.3 Å². The van der Waals surface area contributed by atoms with Crippen molar-refractivity contribution in [3.8, 4) is 16.2 Å². The Kier molecular flexibility index (Phi) is 4.69. The van der Waals surface area contributed by atoms with Crippen molar-refractivity contribution >= 4 is 28.2 Å². The first-order valence-electron chi connectivity index (χ1n) is 11.3. The lowest BCUT2D eigenvalue weighted by Gasteiger charge is -2.24. The molecule has 3 aromatic heterocycles. The molecule has 33 heavy (non-hydrogen) atoms. The van der Waals surface area contributed by atoms with Crippen LogP contribution in [0, 0.1) is 0 Å². The van der Waals surface area contributed by atoms with Gasteiger partial charge in [-0.1, -0.05) is 0 Å². The van der Waals surface area contributed by atoms with Crippen molar-refractivity contribution in [1.82, 2.24) is 9.13 Å². The Hall–Kier alpha value is -3.32. The van der Waals surface area contributed by atoms with Gasteiger partial charge in [0, 0.05) is 40.0 Å². The molecule has 1 saturated carbocycles. The third-order valence-corrected chi connectivity index (χ3v) is 8.10. The Morgan fingerprint density at radius 2 is 1.97 bits per heavy atom. The fraction of sp³-hybridized carbons (Fsp3) is 0.308. The number of rotatable bonds is 5. The summed E-state index contributed by atoms with van der Waals surface area (Å²) in [5.74, 6) is -0.550. The number of aryl methyl sites for hydroxylation is 1. The van der Waals surface area contributed by atoms with E-state index in [0.717, 1.165) is 42.5 Å². The van der Waals surface area contributed by atoms with Crippen LogP contribution in [-0.4, -0.2) is 27.3 Å². The molecule has 0 saturated heterocycles. The van der Waals surface area contributed by atoms with E-state index in [4.69, 9.17) is 4.74 Å². The van der Waals surface area contributed by atoms with E-state index in [1.165, 1.54) is 16.6 Å². The first-order chi connectivity index (χ1) is 16.1. The van der Waals surface area contributed by atoms with Crippen molar-refractivity contribution in [2.75, 3.05) is 7.11 Å². The van der Waals surface area contributed by atoms with Gasteiger partial charge in [-0.3, -0.25) is 4.79 Å². The molecule has 1 unspecified atom stereocenters. The number of methoxy groups -OCH3 is 1. The van der Waals surface area contributed by atoms with Crippen LogP contribution in [0.3, 0.4) is 0 Å². The number of benzene rings is 1. The molecule has 6 nitrogen and oxygen atoms in total. The Morgan fingerprint density at radius 3 is 2.67 bits per heavy atom. The summed E-state index contributed by atoms with van der Waals surface area (Å²) < 4.78 is 10.1. The molecular formula is C26H24N2O4S. The highest BCUT2D eigenvalue weighted by molar-refractivity contribution is 7.15. The van der Waals surface area contributed by atoms with Crippen LogP contribution in [0.5, 0.6) is 5.75 Å². The first kappa shape index (κ1) is 20.3. The predicted octanol–water partition coefficient (Wildman–Crippen LogP) is 5.50. The molecule has 0 amide bonds. The molecule has 3 heterocycles. The molecule has 1 aromatic carbocycles. The fourth-order valence-electron chi connectivity index (χ4n) is 5.14. The lowest BCUT2D eigenvalue weighted by Crippen LogP contribution is -2.19. The van der Waals surface area contributed by atoms with Crippen LogP contribution in [0.4, 0.5) is 0 Å². The second-order valence-electron chi connectivity index (χ2n) is 8.89. The minimum absolute atomic E-state index is 0.189. The smallest absolute Gasteiger partial charge is 0.341 e. The molecule has 0 aliphatic heterocycles. The Morgan fingerprint density at radius 1 is 1.18 bits per heavy atom. The lowest BCUT2D eigenvalue weighted by atomic mass is 9.93. The quantitative estimate of drug-likeness (QED) is 0.427. The number of fused-ring (bicyclic) bond motifs is 2. The van der Waals surface area contributed by atoms with E-state index in [0.29, 0.717) is 22.7 Å². The number of carbonyl (C=O) groups is 1. The van der Waals surface area contributed by atoms with Crippen LogP contribution in [0.2, 0.25) is 0 Å². The number of hydrogen-bond acceptors (Lipinski definition) is 4. The number of carboxylic acid groups (broad SMARTS) is 1. The molecule has 2 aliphatic rings. The first-order valence-corrected chi connectivity index (χ1v) is 12.1. The molecule has 2 aliphatic carbocycles. The van der Waals surface area contributed by atoms with E-state index in [1.54, 1.807) is 24.5 Å². The second kappa shape index (κ2) is 7.63. The van der Waals surface area contributed by atoms with E-state index in [1.807, 2.05) is 10.6 Å². The molecule has 1 N–H and O–H groups in total. The van der Waals surface area contributed by atoms with E-state index in [-0.39, 0.29) is 11.6 Å². The number of nitrogens with zero attached hydrogens (tertiary/aromatic N) is 2. The summed E-state index contributed by atoms with van der Waals surface area (Å²) >= 11 is 1.79. The number of thiophene rings is 1. The van der Waals surface area contributed by atoms with Crippen LogP contribution in [0.25, 0.3) is 21.3 Å².